The largest absolute Gasteiger partial charge is 0.466 e. The van der Waals surface area contributed by atoms with Gasteiger partial charge in [-0.3, -0.25) is 4.79 Å². The highest BCUT2D eigenvalue weighted by atomic mass is 28.3. The minimum atomic E-state index is -1.64. The van der Waals surface area contributed by atoms with Crippen LogP contribution in [0, 0.1) is 0 Å². The van der Waals surface area contributed by atoms with Gasteiger partial charge in [0.1, 0.15) is 0 Å². The molecule has 0 heterocycles. The van der Waals surface area contributed by atoms with Crippen LogP contribution in [-0.2, 0) is 9.53 Å². The van der Waals surface area contributed by atoms with Crippen molar-refractivity contribution in [2.24, 2.45) is 0 Å². The molecule has 0 aromatic carbocycles. The van der Waals surface area contributed by atoms with Crippen LogP contribution in [0.3, 0.4) is 0 Å². The maximum absolute atomic E-state index is 12.2. The molecule has 0 aliphatic carbocycles. The Hall–Kier alpha value is -0.353. The van der Waals surface area contributed by atoms with Gasteiger partial charge in [-0.2, -0.15) is 0 Å². The second-order valence-corrected chi connectivity index (χ2v) is 14.0. The molecule has 0 bridgehead atoms. The minimum Gasteiger partial charge on any atom is -0.466 e. The number of hydrogen-bond donors (Lipinski definition) is 1. The highest BCUT2D eigenvalue weighted by molar-refractivity contribution is 6.77. The van der Waals surface area contributed by atoms with Crippen molar-refractivity contribution in [2.75, 3.05) is 0 Å². The standard InChI is InChI=1S/C21H44O3Si/c1-6-8-10-12-14-16-19(22)18-21(25(3,4)5)24-20(23)17-15-13-11-9-7-2/h19,21-22H,6-18H2,1-5H3/t19-,21-/m0/s1. The van der Waals surface area contributed by atoms with Crippen LogP contribution in [0.5, 0.6) is 0 Å². The predicted octanol–water partition coefficient (Wildman–Crippen LogP) is 6.25. The number of esters is 1. The first-order chi connectivity index (χ1) is 11.8. The Kier molecular flexibility index (Phi) is 14.6. The second-order valence-electron chi connectivity index (χ2n) is 8.60. The molecule has 0 rings (SSSR count). The van der Waals surface area contributed by atoms with Gasteiger partial charge in [-0.25, -0.2) is 0 Å². The lowest BCUT2D eigenvalue weighted by Gasteiger charge is -2.30. The van der Waals surface area contributed by atoms with Crippen molar-refractivity contribution in [3.8, 4) is 0 Å². The molecule has 0 aromatic rings. The van der Waals surface area contributed by atoms with E-state index in [0.29, 0.717) is 12.8 Å². The number of ether oxygens (including phenoxy) is 1. The van der Waals surface area contributed by atoms with E-state index >= 15 is 0 Å². The maximum atomic E-state index is 12.2. The summed E-state index contributed by atoms with van der Waals surface area (Å²) >= 11 is 0. The van der Waals surface area contributed by atoms with Gasteiger partial charge in [0.25, 0.3) is 0 Å². The predicted molar refractivity (Wildman–Crippen MR) is 111 cm³/mol. The van der Waals surface area contributed by atoms with E-state index in [1.165, 1.54) is 44.9 Å². The van der Waals surface area contributed by atoms with Crippen molar-refractivity contribution in [3.63, 3.8) is 0 Å². The smallest absolute Gasteiger partial charge is 0.305 e. The lowest BCUT2D eigenvalue weighted by atomic mass is 10.1. The number of carbonyl (C=O) groups is 1. The van der Waals surface area contributed by atoms with Crippen molar-refractivity contribution in [3.05, 3.63) is 0 Å². The van der Waals surface area contributed by atoms with Crippen molar-refractivity contribution < 1.29 is 14.6 Å². The Morgan fingerprint density at radius 3 is 1.92 bits per heavy atom. The van der Waals surface area contributed by atoms with E-state index in [0.717, 1.165) is 25.7 Å². The molecule has 0 aliphatic rings. The third-order valence-corrected chi connectivity index (χ3v) is 7.14. The van der Waals surface area contributed by atoms with E-state index < -0.39 is 8.07 Å². The van der Waals surface area contributed by atoms with Gasteiger partial charge < -0.3 is 9.84 Å². The number of unbranched alkanes of at least 4 members (excludes halogenated alkanes) is 8. The average Bonchev–Trinajstić information content (AvgIpc) is 2.53. The quantitative estimate of drug-likeness (QED) is 0.198. The number of hydrogen-bond acceptors (Lipinski definition) is 3. The summed E-state index contributed by atoms with van der Waals surface area (Å²) in [6, 6.07) is 0. The molecule has 0 saturated heterocycles. The van der Waals surface area contributed by atoms with Crippen molar-refractivity contribution in [1.29, 1.82) is 0 Å². The maximum Gasteiger partial charge on any atom is 0.305 e. The van der Waals surface area contributed by atoms with Crippen LogP contribution in [-0.4, -0.2) is 31.0 Å². The third kappa shape index (κ3) is 14.5. The second kappa shape index (κ2) is 14.8. The van der Waals surface area contributed by atoms with Crippen molar-refractivity contribution in [2.45, 2.75) is 129 Å². The van der Waals surface area contributed by atoms with Gasteiger partial charge in [-0.15, -0.1) is 0 Å². The normalized spacial score (nSPS) is 14.3. The summed E-state index contributed by atoms with van der Waals surface area (Å²) < 4.78 is 5.80. The molecule has 0 amide bonds. The van der Waals surface area contributed by atoms with Crippen molar-refractivity contribution in [1.82, 2.24) is 0 Å². The van der Waals surface area contributed by atoms with E-state index in [2.05, 4.69) is 33.5 Å². The van der Waals surface area contributed by atoms with Crippen LogP contribution >= 0.6 is 0 Å². The molecule has 0 spiro atoms. The summed E-state index contributed by atoms with van der Waals surface area (Å²) in [6.07, 6.45) is 13.4. The minimum absolute atomic E-state index is 0.0683. The van der Waals surface area contributed by atoms with E-state index in [9.17, 15) is 9.90 Å². The first kappa shape index (κ1) is 24.6. The first-order valence-corrected chi connectivity index (χ1v) is 14.3. The number of aliphatic hydroxyl groups is 1. The van der Waals surface area contributed by atoms with Gasteiger partial charge in [0.15, 0.2) is 0 Å². The molecule has 0 unspecified atom stereocenters. The number of rotatable bonds is 16. The lowest BCUT2D eigenvalue weighted by molar-refractivity contribution is -0.147. The van der Waals surface area contributed by atoms with Gasteiger partial charge in [0.2, 0.25) is 0 Å². The SMILES string of the molecule is CCCCCCCC(=O)O[C@H](C[C@@H](O)CCCCCCC)[Si](C)(C)C. The van der Waals surface area contributed by atoms with Crippen molar-refractivity contribution >= 4 is 14.0 Å². The zero-order chi connectivity index (χ0) is 19.1. The highest BCUT2D eigenvalue weighted by Crippen LogP contribution is 2.21. The zero-order valence-corrected chi connectivity index (χ0v) is 18.6. The fourth-order valence-electron chi connectivity index (χ4n) is 3.02. The molecule has 0 saturated carbocycles. The Morgan fingerprint density at radius 2 is 1.40 bits per heavy atom. The van der Waals surface area contributed by atoms with Gasteiger partial charge in [-0.1, -0.05) is 91.3 Å². The molecule has 2 atom stereocenters. The van der Waals surface area contributed by atoms with Gasteiger partial charge in [0.05, 0.1) is 19.9 Å². The van der Waals surface area contributed by atoms with Crippen LogP contribution in [0.25, 0.3) is 0 Å². The average molecular weight is 373 g/mol. The summed E-state index contributed by atoms with van der Waals surface area (Å²) in [7, 11) is -1.64. The molecule has 150 valence electrons. The van der Waals surface area contributed by atoms with E-state index in [-0.39, 0.29) is 17.8 Å². The van der Waals surface area contributed by atoms with Crippen LogP contribution < -0.4 is 0 Å². The van der Waals surface area contributed by atoms with Crippen LogP contribution in [0.2, 0.25) is 19.6 Å². The number of carbonyl (C=O) groups excluding carboxylic acids is 1. The lowest BCUT2D eigenvalue weighted by Crippen LogP contribution is -2.43. The summed E-state index contributed by atoms with van der Waals surface area (Å²) in [6.45, 7) is 11.1. The Labute approximate surface area is 157 Å². The van der Waals surface area contributed by atoms with Gasteiger partial charge in [-0.05, 0) is 12.8 Å². The molecular formula is C21H44O3Si. The fraction of sp³-hybridized carbons (Fsp3) is 0.952. The highest BCUT2D eigenvalue weighted by Gasteiger charge is 2.32. The summed E-state index contributed by atoms with van der Waals surface area (Å²) in [5, 5.41) is 10.4. The fourth-order valence-corrected chi connectivity index (χ4v) is 4.48. The monoisotopic (exact) mass is 372 g/mol. The number of aliphatic hydroxyl groups excluding tert-OH is 1. The molecule has 0 radical (unpaired) electrons. The molecule has 0 aliphatic heterocycles. The summed E-state index contributed by atoms with van der Waals surface area (Å²) in [5.74, 6) is -0.0703. The summed E-state index contributed by atoms with van der Waals surface area (Å²) in [4.78, 5) is 12.2. The van der Waals surface area contributed by atoms with E-state index in [1.54, 1.807) is 0 Å². The molecule has 0 fully saturated rings. The zero-order valence-electron chi connectivity index (χ0n) is 17.6. The summed E-state index contributed by atoms with van der Waals surface area (Å²) in [5.41, 5.74) is -0.0683. The third-order valence-electron chi connectivity index (χ3n) is 4.85. The van der Waals surface area contributed by atoms with E-state index in [4.69, 9.17) is 4.74 Å². The Bertz CT molecular complexity index is 326. The first-order valence-electron chi connectivity index (χ1n) is 10.7. The molecule has 3 nitrogen and oxygen atoms in total. The Morgan fingerprint density at radius 1 is 0.880 bits per heavy atom. The molecule has 1 N–H and O–H groups in total. The Balaban J connectivity index is 4.16. The van der Waals surface area contributed by atoms with Crippen LogP contribution in [0.1, 0.15) is 97.3 Å². The topological polar surface area (TPSA) is 46.5 Å². The van der Waals surface area contributed by atoms with E-state index in [1.807, 2.05) is 0 Å². The molecular weight excluding hydrogens is 328 g/mol. The molecule has 25 heavy (non-hydrogen) atoms. The molecule has 4 heteroatoms. The molecule has 0 aromatic heterocycles. The van der Waals surface area contributed by atoms with Crippen LogP contribution in [0.4, 0.5) is 0 Å². The van der Waals surface area contributed by atoms with Gasteiger partial charge in [0, 0.05) is 12.8 Å². The van der Waals surface area contributed by atoms with Crippen LogP contribution in [0.15, 0.2) is 0 Å². The van der Waals surface area contributed by atoms with Gasteiger partial charge >= 0.3 is 5.97 Å².